The van der Waals surface area contributed by atoms with Gasteiger partial charge in [0, 0.05) is 23.3 Å². The molecule has 1 aromatic carbocycles. The van der Waals surface area contributed by atoms with E-state index in [-0.39, 0.29) is 12.5 Å². The van der Waals surface area contributed by atoms with E-state index in [1.54, 1.807) is 13.2 Å². The van der Waals surface area contributed by atoms with Gasteiger partial charge in [0.05, 0.1) is 18.5 Å². The van der Waals surface area contributed by atoms with Gasteiger partial charge in [0.1, 0.15) is 5.75 Å². The number of nitrogens with one attached hydrogen (secondary N) is 1. The molecule has 0 saturated heterocycles. The van der Waals surface area contributed by atoms with Gasteiger partial charge in [0.2, 0.25) is 0 Å². The number of amides is 1. The van der Waals surface area contributed by atoms with Crippen LogP contribution in [0.25, 0.3) is 16.9 Å². The van der Waals surface area contributed by atoms with Crippen LogP contribution < -0.4 is 14.8 Å². The van der Waals surface area contributed by atoms with E-state index in [1.165, 1.54) is 11.3 Å². The van der Waals surface area contributed by atoms with Crippen molar-refractivity contribution in [3.8, 4) is 22.8 Å². The quantitative estimate of drug-likeness (QED) is 0.538. The Labute approximate surface area is 165 Å². The lowest BCUT2D eigenvalue weighted by molar-refractivity contribution is -0.118. The number of ether oxygens (including phenoxy) is 2. The van der Waals surface area contributed by atoms with E-state index in [1.807, 2.05) is 59.4 Å². The van der Waals surface area contributed by atoms with Crippen LogP contribution in [0, 0.1) is 6.92 Å². The highest BCUT2D eigenvalue weighted by molar-refractivity contribution is 7.14. The molecule has 7 nitrogen and oxygen atoms in total. The van der Waals surface area contributed by atoms with Gasteiger partial charge in [-0.2, -0.15) is 0 Å². The molecule has 0 unspecified atom stereocenters. The van der Waals surface area contributed by atoms with Crippen molar-refractivity contribution in [2.24, 2.45) is 0 Å². The summed E-state index contributed by atoms with van der Waals surface area (Å²) in [6, 6.07) is 11.2. The molecule has 8 heteroatoms. The first-order chi connectivity index (χ1) is 13.6. The predicted molar refractivity (Wildman–Crippen MR) is 108 cm³/mol. The molecule has 0 aliphatic carbocycles. The van der Waals surface area contributed by atoms with E-state index in [9.17, 15) is 4.79 Å². The fraction of sp³-hybridized carbons (Fsp3) is 0.150. The maximum atomic E-state index is 12.2. The maximum Gasteiger partial charge on any atom is 0.264 e. The SMILES string of the molecule is COc1ccc(-c2csc(NC(=O)COc3cccn4cc(C)nc34)n2)cc1. The Kier molecular flexibility index (Phi) is 4.94. The number of pyridine rings is 1. The second-order valence-corrected chi connectivity index (χ2v) is 6.95. The molecule has 1 N–H and O–H groups in total. The zero-order valence-corrected chi connectivity index (χ0v) is 16.2. The number of aromatic nitrogens is 3. The smallest absolute Gasteiger partial charge is 0.264 e. The first-order valence-electron chi connectivity index (χ1n) is 8.59. The number of carbonyl (C=O) groups is 1. The van der Waals surface area contributed by atoms with Gasteiger partial charge in [-0.05, 0) is 43.3 Å². The molecule has 28 heavy (non-hydrogen) atoms. The minimum absolute atomic E-state index is 0.122. The monoisotopic (exact) mass is 394 g/mol. The standard InChI is InChI=1S/C20H18N4O3S/c1-13-10-24-9-3-4-17(19(24)21-13)27-11-18(25)23-20-22-16(12-28-20)14-5-7-15(26-2)8-6-14/h3-10,12H,11H2,1-2H3,(H,22,23,25). The summed E-state index contributed by atoms with van der Waals surface area (Å²) in [6.07, 6.45) is 3.79. The van der Waals surface area contributed by atoms with E-state index in [4.69, 9.17) is 9.47 Å². The Morgan fingerprint density at radius 2 is 2.04 bits per heavy atom. The molecule has 0 saturated carbocycles. The molecule has 4 rings (SSSR count). The van der Waals surface area contributed by atoms with E-state index >= 15 is 0 Å². The highest BCUT2D eigenvalue weighted by Crippen LogP contribution is 2.26. The van der Waals surface area contributed by atoms with Crippen LogP contribution in [0.3, 0.4) is 0 Å². The van der Waals surface area contributed by atoms with Crippen LogP contribution in [-0.4, -0.2) is 34.0 Å². The number of thiazole rings is 1. The average Bonchev–Trinajstić information content (AvgIpc) is 3.32. The summed E-state index contributed by atoms with van der Waals surface area (Å²) in [5.41, 5.74) is 3.31. The third-order valence-electron chi connectivity index (χ3n) is 4.06. The summed E-state index contributed by atoms with van der Waals surface area (Å²) in [5, 5.41) is 5.19. The minimum atomic E-state index is -0.277. The Morgan fingerprint density at radius 3 is 2.82 bits per heavy atom. The molecule has 4 aromatic rings. The molecule has 3 aromatic heterocycles. The third kappa shape index (κ3) is 3.81. The van der Waals surface area contributed by atoms with Gasteiger partial charge < -0.3 is 13.9 Å². The number of hydrogen-bond donors (Lipinski definition) is 1. The molecule has 0 fully saturated rings. The molecule has 0 aliphatic rings. The van der Waals surface area contributed by atoms with Crippen LogP contribution in [0.5, 0.6) is 11.5 Å². The summed E-state index contributed by atoms with van der Waals surface area (Å²) in [6.45, 7) is 1.79. The molecule has 0 bridgehead atoms. The van der Waals surface area contributed by atoms with Crippen molar-refractivity contribution >= 4 is 28.0 Å². The summed E-state index contributed by atoms with van der Waals surface area (Å²) in [4.78, 5) is 21.1. The van der Waals surface area contributed by atoms with Crippen molar-refractivity contribution < 1.29 is 14.3 Å². The summed E-state index contributed by atoms with van der Waals surface area (Å²) < 4.78 is 12.7. The van der Waals surface area contributed by atoms with Gasteiger partial charge in [-0.3, -0.25) is 10.1 Å². The molecule has 0 atom stereocenters. The first-order valence-corrected chi connectivity index (χ1v) is 9.47. The number of nitrogens with zero attached hydrogens (tertiary/aromatic N) is 3. The van der Waals surface area contributed by atoms with Crippen LogP contribution in [0.4, 0.5) is 5.13 Å². The number of aryl methyl sites for hydroxylation is 1. The number of anilines is 1. The van der Waals surface area contributed by atoms with Crippen LogP contribution in [0.15, 0.2) is 54.2 Å². The first kappa shape index (κ1) is 18.0. The molecular formula is C20H18N4O3S. The molecule has 0 spiro atoms. The maximum absolute atomic E-state index is 12.2. The molecule has 142 valence electrons. The molecule has 1 amide bonds. The number of fused-ring (bicyclic) bond motifs is 1. The van der Waals surface area contributed by atoms with Crippen molar-refractivity contribution in [2.45, 2.75) is 6.92 Å². The second-order valence-electron chi connectivity index (χ2n) is 6.09. The topological polar surface area (TPSA) is 77.8 Å². The summed E-state index contributed by atoms with van der Waals surface area (Å²) >= 11 is 1.36. The predicted octanol–water partition coefficient (Wildman–Crippen LogP) is 3.79. The van der Waals surface area contributed by atoms with E-state index < -0.39 is 0 Å². The van der Waals surface area contributed by atoms with Gasteiger partial charge >= 0.3 is 0 Å². The minimum Gasteiger partial charge on any atom is -0.497 e. The van der Waals surface area contributed by atoms with Gasteiger partial charge in [-0.1, -0.05) is 0 Å². The Balaban J connectivity index is 1.39. The average molecular weight is 394 g/mol. The highest BCUT2D eigenvalue weighted by Gasteiger charge is 2.11. The largest absolute Gasteiger partial charge is 0.497 e. The molecular weight excluding hydrogens is 376 g/mol. The van der Waals surface area contributed by atoms with Crippen molar-refractivity contribution in [2.75, 3.05) is 19.0 Å². The Hall–Kier alpha value is -3.39. The summed E-state index contributed by atoms with van der Waals surface area (Å²) in [5.74, 6) is 1.07. The van der Waals surface area contributed by atoms with Crippen LogP contribution in [0.2, 0.25) is 0 Å². The Bertz CT molecular complexity index is 1120. The number of methoxy groups -OCH3 is 1. The van der Waals surface area contributed by atoms with Crippen LogP contribution >= 0.6 is 11.3 Å². The highest BCUT2D eigenvalue weighted by atomic mass is 32.1. The zero-order valence-electron chi connectivity index (χ0n) is 15.4. The lowest BCUT2D eigenvalue weighted by Crippen LogP contribution is -2.20. The summed E-state index contributed by atoms with van der Waals surface area (Å²) in [7, 11) is 1.63. The van der Waals surface area contributed by atoms with Gasteiger partial charge in [0.25, 0.3) is 5.91 Å². The Morgan fingerprint density at radius 1 is 1.21 bits per heavy atom. The van der Waals surface area contributed by atoms with Crippen LogP contribution in [0.1, 0.15) is 5.69 Å². The van der Waals surface area contributed by atoms with Gasteiger partial charge in [0.15, 0.2) is 23.1 Å². The van der Waals surface area contributed by atoms with Gasteiger partial charge in [-0.15, -0.1) is 11.3 Å². The number of hydrogen-bond acceptors (Lipinski definition) is 6. The zero-order chi connectivity index (χ0) is 19.5. The lowest BCUT2D eigenvalue weighted by atomic mass is 10.2. The van der Waals surface area contributed by atoms with Crippen molar-refractivity contribution in [1.29, 1.82) is 0 Å². The van der Waals surface area contributed by atoms with Gasteiger partial charge in [-0.25, -0.2) is 9.97 Å². The third-order valence-corrected chi connectivity index (χ3v) is 4.82. The molecule has 0 radical (unpaired) electrons. The normalized spacial score (nSPS) is 10.8. The molecule has 3 heterocycles. The number of benzene rings is 1. The fourth-order valence-corrected chi connectivity index (χ4v) is 3.48. The number of rotatable bonds is 6. The van der Waals surface area contributed by atoms with E-state index in [0.717, 1.165) is 22.7 Å². The molecule has 0 aliphatic heterocycles. The van der Waals surface area contributed by atoms with Crippen molar-refractivity contribution in [3.63, 3.8) is 0 Å². The van der Waals surface area contributed by atoms with Crippen molar-refractivity contribution in [3.05, 3.63) is 59.9 Å². The van der Waals surface area contributed by atoms with Crippen LogP contribution in [-0.2, 0) is 4.79 Å². The lowest BCUT2D eigenvalue weighted by Gasteiger charge is -2.06. The number of carbonyl (C=O) groups excluding carboxylic acids is 1. The fourth-order valence-electron chi connectivity index (χ4n) is 2.75. The van der Waals surface area contributed by atoms with E-state index in [0.29, 0.717) is 16.5 Å². The second kappa shape index (κ2) is 7.69. The van der Waals surface area contributed by atoms with Crippen molar-refractivity contribution in [1.82, 2.24) is 14.4 Å². The van der Waals surface area contributed by atoms with E-state index in [2.05, 4.69) is 15.3 Å². The number of imidazole rings is 1.